The van der Waals surface area contributed by atoms with E-state index in [4.69, 9.17) is 9.47 Å². The molecule has 3 heterocycles. The van der Waals surface area contributed by atoms with Crippen molar-refractivity contribution in [2.45, 2.75) is 52.2 Å². The predicted octanol–water partition coefficient (Wildman–Crippen LogP) is 6.18. The Morgan fingerprint density at radius 1 is 1.30 bits per heavy atom. The number of allylic oxidation sites excluding steroid dienone is 2. The zero-order chi connectivity index (χ0) is 26.3. The number of halogens is 1. The molecule has 37 heavy (non-hydrogen) atoms. The van der Waals surface area contributed by atoms with Gasteiger partial charge in [-0.25, -0.2) is 0 Å². The summed E-state index contributed by atoms with van der Waals surface area (Å²) in [6.07, 6.45) is 5.40. The van der Waals surface area contributed by atoms with Crippen molar-refractivity contribution in [3.05, 3.63) is 60.4 Å². The van der Waals surface area contributed by atoms with Crippen molar-refractivity contribution in [3.8, 4) is 11.5 Å². The van der Waals surface area contributed by atoms with E-state index in [9.17, 15) is 14.7 Å². The van der Waals surface area contributed by atoms with Gasteiger partial charge < -0.3 is 14.6 Å². The number of hydrogen-bond acceptors (Lipinski definition) is 6. The molecule has 2 aromatic rings. The van der Waals surface area contributed by atoms with Crippen molar-refractivity contribution in [3.63, 3.8) is 0 Å². The van der Waals surface area contributed by atoms with Gasteiger partial charge in [0.1, 0.15) is 0 Å². The number of aromatic hydroxyl groups is 1. The highest BCUT2D eigenvalue weighted by atomic mass is 127. The molecule has 2 amide bonds. The van der Waals surface area contributed by atoms with E-state index >= 15 is 0 Å². The predicted molar refractivity (Wildman–Crippen MR) is 152 cm³/mol. The Kier molecular flexibility index (Phi) is 7.79. The number of imide groups is 1. The van der Waals surface area contributed by atoms with Crippen LogP contribution >= 0.6 is 33.9 Å². The molecule has 4 atom stereocenters. The maximum atomic E-state index is 13.4. The molecule has 2 fully saturated rings. The highest BCUT2D eigenvalue weighted by Crippen LogP contribution is 2.50. The summed E-state index contributed by atoms with van der Waals surface area (Å²) in [5.41, 5.74) is 4.75. The summed E-state index contributed by atoms with van der Waals surface area (Å²) in [4.78, 5) is 29.2. The van der Waals surface area contributed by atoms with Crippen molar-refractivity contribution in [1.82, 2.24) is 4.90 Å². The van der Waals surface area contributed by atoms with Crippen LogP contribution in [0.1, 0.15) is 50.0 Å². The Balaban J connectivity index is 1.30. The number of fused-ring (bicyclic) bond motifs is 3. The number of phenolic OH excluding ortho intramolecular Hbond substituents is 1. The summed E-state index contributed by atoms with van der Waals surface area (Å²) < 4.78 is 12.4. The summed E-state index contributed by atoms with van der Waals surface area (Å²) >= 11 is 3.69. The third-order valence-electron chi connectivity index (χ3n) is 7.96. The molecule has 0 unspecified atom stereocenters. The molecule has 8 heteroatoms. The van der Waals surface area contributed by atoms with Crippen molar-refractivity contribution in [2.24, 2.45) is 17.8 Å². The summed E-state index contributed by atoms with van der Waals surface area (Å²) in [6, 6.07) is 7.74. The van der Waals surface area contributed by atoms with Crippen LogP contribution < -0.4 is 4.74 Å². The molecule has 1 aliphatic carbocycles. The molecule has 0 spiro atoms. The second kappa shape index (κ2) is 10.9. The van der Waals surface area contributed by atoms with Gasteiger partial charge in [0.2, 0.25) is 11.8 Å². The molecular formula is C29H32INO5S. The van der Waals surface area contributed by atoms with Gasteiger partial charge in [-0.15, -0.1) is 11.3 Å². The molecule has 0 saturated carbocycles. The molecular weight excluding hydrogens is 601 g/mol. The summed E-state index contributed by atoms with van der Waals surface area (Å²) in [6.45, 7) is 5.14. The fourth-order valence-electron chi connectivity index (χ4n) is 6.14. The summed E-state index contributed by atoms with van der Waals surface area (Å²) in [5.74, 6) is -0.00303. The maximum Gasteiger partial charge on any atom is 0.234 e. The van der Waals surface area contributed by atoms with E-state index in [1.54, 1.807) is 18.4 Å². The van der Waals surface area contributed by atoms with Crippen LogP contribution in [-0.4, -0.2) is 41.6 Å². The monoisotopic (exact) mass is 633 g/mol. The van der Waals surface area contributed by atoms with E-state index in [1.807, 2.05) is 29.6 Å². The van der Waals surface area contributed by atoms with E-state index in [0.29, 0.717) is 25.3 Å². The highest BCUT2D eigenvalue weighted by molar-refractivity contribution is 14.1. The smallest absolute Gasteiger partial charge is 0.234 e. The van der Waals surface area contributed by atoms with Crippen LogP contribution in [0.15, 0.2) is 46.4 Å². The molecule has 0 bridgehead atoms. The SMILES string of the molecule is CC/C(=C\c1cc(I)c(O)c(OC)c1)CC[C@H]1OC[C@H]2C1=C(C)C[C@H]1C(=O)N(Cc3cccs3)C(=O)[C@H]12. The Bertz CT molecular complexity index is 1270. The number of carbonyl (C=O) groups excluding carboxylic acids is 2. The van der Waals surface area contributed by atoms with Crippen LogP contribution in [0.3, 0.4) is 0 Å². The largest absolute Gasteiger partial charge is 0.504 e. The van der Waals surface area contributed by atoms with Crippen LogP contribution in [0.5, 0.6) is 11.5 Å². The molecule has 2 aliphatic heterocycles. The Labute approximate surface area is 235 Å². The summed E-state index contributed by atoms with van der Waals surface area (Å²) in [7, 11) is 1.56. The van der Waals surface area contributed by atoms with E-state index in [2.05, 4.69) is 42.5 Å². The highest BCUT2D eigenvalue weighted by Gasteiger charge is 2.56. The molecule has 196 valence electrons. The van der Waals surface area contributed by atoms with Gasteiger partial charge in [-0.3, -0.25) is 14.5 Å². The van der Waals surface area contributed by atoms with Crippen LogP contribution in [0.2, 0.25) is 0 Å². The lowest BCUT2D eigenvalue weighted by Crippen LogP contribution is -2.34. The van der Waals surface area contributed by atoms with Gasteiger partial charge in [-0.05, 0) is 89.9 Å². The van der Waals surface area contributed by atoms with Gasteiger partial charge in [0.25, 0.3) is 0 Å². The van der Waals surface area contributed by atoms with Gasteiger partial charge in [-0.1, -0.05) is 30.2 Å². The molecule has 3 aliphatic rings. The second-order valence-electron chi connectivity index (χ2n) is 10.1. The number of phenols is 1. The van der Waals surface area contributed by atoms with Crippen molar-refractivity contribution in [2.75, 3.05) is 13.7 Å². The quantitative estimate of drug-likeness (QED) is 0.214. The second-order valence-corrected chi connectivity index (χ2v) is 12.3. The molecule has 6 nitrogen and oxygen atoms in total. The van der Waals surface area contributed by atoms with Crippen LogP contribution in [0, 0.1) is 21.3 Å². The van der Waals surface area contributed by atoms with Gasteiger partial charge in [0, 0.05) is 10.8 Å². The number of benzene rings is 1. The molecule has 1 aromatic heterocycles. The standard InChI is InChI=1S/C29H32INO5S/c1-4-17(11-18-12-22(30)27(32)24(13-18)35-3)7-8-23-25-16(2)10-20-26(21(25)15-36-23)29(34)31(28(20)33)14-19-6-5-9-37-19/h5-6,9,11-13,20-21,23,26,32H,4,7-8,10,14-15H2,1-3H3/b17-11+/t20-,21+,23-,26-/m1/s1. The van der Waals surface area contributed by atoms with Crippen molar-refractivity contribution in [1.29, 1.82) is 0 Å². The Morgan fingerprint density at radius 2 is 2.11 bits per heavy atom. The minimum absolute atomic E-state index is 0.00877. The molecule has 5 rings (SSSR count). The minimum Gasteiger partial charge on any atom is -0.504 e. The van der Waals surface area contributed by atoms with Gasteiger partial charge in [0.05, 0.1) is 41.8 Å². The lowest BCUT2D eigenvalue weighted by atomic mass is 9.70. The summed E-state index contributed by atoms with van der Waals surface area (Å²) in [5, 5.41) is 12.1. The van der Waals surface area contributed by atoms with E-state index in [-0.39, 0.29) is 41.4 Å². The molecule has 1 aromatic carbocycles. The molecule has 0 radical (unpaired) electrons. The number of amides is 2. The maximum absolute atomic E-state index is 13.4. The van der Waals surface area contributed by atoms with Gasteiger partial charge >= 0.3 is 0 Å². The zero-order valence-corrected chi connectivity index (χ0v) is 24.3. The van der Waals surface area contributed by atoms with E-state index in [0.717, 1.165) is 33.3 Å². The Morgan fingerprint density at radius 3 is 2.81 bits per heavy atom. The average molecular weight is 634 g/mol. The number of ether oxygens (including phenoxy) is 2. The Hall–Kier alpha value is -2.17. The third kappa shape index (κ3) is 5.00. The number of thiophene rings is 1. The number of likely N-dealkylation sites (tertiary alicyclic amines) is 1. The lowest BCUT2D eigenvalue weighted by Gasteiger charge is -2.30. The number of hydrogen-bond donors (Lipinski definition) is 1. The van der Waals surface area contributed by atoms with Crippen LogP contribution in [0.25, 0.3) is 6.08 Å². The van der Waals surface area contributed by atoms with E-state index < -0.39 is 0 Å². The normalized spacial score (nSPS) is 25.6. The third-order valence-corrected chi connectivity index (χ3v) is 9.64. The van der Waals surface area contributed by atoms with Crippen LogP contribution in [0.4, 0.5) is 0 Å². The number of methoxy groups -OCH3 is 1. The molecule has 1 N–H and O–H groups in total. The first-order valence-corrected chi connectivity index (χ1v) is 14.7. The van der Waals surface area contributed by atoms with E-state index in [1.165, 1.54) is 21.6 Å². The zero-order valence-electron chi connectivity index (χ0n) is 21.3. The first kappa shape index (κ1) is 26.4. The lowest BCUT2D eigenvalue weighted by molar-refractivity contribution is -0.140. The molecule has 2 saturated heterocycles. The van der Waals surface area contributed by atoms with Crippen molar-refractivity contribution < 1.29 is 24.2 Å². The minimum atomic E-state index is -0.302. The van der Waals surface area contributed by atoms with Gasteiger partial charge in [0.15, 0.2) is 11.5 Å². The fourth-order valence-corrected chi connectivity index (χ4v) is 7.46. The van der Waals surface area contributed by atoms with Crippen molar-refractivity contribution >= 4 is 51.8 Å². The first-order valence-electron chi connectivity index (χ1n) is 12.8. The van der Waals surface area contributed by atoms with Crippen LogP contribution in [-0.2, 0) is 20.9 Å². The average Bonchev–Trinajstić information content (AvgIpc) is 3.60. The number of rotatable bonds is 8. The number of carbonyl (C=O) groups is 2. The topological polar surface area (TPSA) is 76.1 Å². The number of nitrogens with zero attached hydrogens (tertiary/aromatic N) is 1. The fraction of sp³-hybridized carbons (Fsp3) is 0.448. The van der Waals surface area contributed by atoms with Gasteiger partial charge in [-0.2, -0.15) is 0 Å². The first-order chi connectivity index (χ1) is 17.8.